The number of aryl methyl sites for hydroxylation is 1. The maximum absolute atomic E-state index is 6.00. The van der Waals surface area contributed by atoms with E-state index in [1.807, 2.05) is 25.1 Å². The smallest absolute Gasteiger partial charge is 0.181 e. The Balaban J connectivity index is 2.14. The molecule has 0 aliphatic rings. The summed E-state index contributed by atoms with van der Waals surface area (Å²) in [4.78, 5) is 4.20. The van der Waals surface area contributed by atoms with Gasteiger partial charge in [-0.2, -0.15) is 0 Å². The van der Waals surface area contributed by atoms with Crippen molar-refractivity contribution in [3.8, 4) is 5.75 Å². The van der Waals surface area contributed by atoms with E-state index in [9.17, 15) is 0 Å². The number of anilines is 1. The molecule has 0 spiro atoms. The summed E-state index contributed by atoms with van der Waals surface area (Å²) in [6, 6.07) is 5.63. The van der Waals surface area contributed by atoms with Gasteiger partial charge in [-0.25, -0.2) is 4.98 Å². The zero-order chi connectivity index (χ0) is 13.1. The van der Waals surface area contributed by atoms with E-state index in [0.29, 0.717) is 10.2 Å². The summed E-state index contributed by atoms with van der Waals surface area (Å²) in [6.45, 7) is 1.96. The van der Waals surface area contributed by atoms with E-state index in [1.165, 1.54) is 11.3 Å². The first-order valence-electron chi connectivity index (χ1n) is 5.28. The summed E-state index contributed by atoms with van der Waals surface area (Å²) >= 11 is 9.20. The molecule has 0 radical (unpaired) electrons. The highest BCUT2D eigenvalue weighted by atomic mass is 35.5. The van der Waals surface area contributed by atoms with Gasteiger partial charge in [0, 0.05) is 16.3 Å². The number of thiazole rings is 1. The first-order valence-corrected chi connectivity index (χ1v) is 7.46. The number of hydrogen-bond donors (Lipinski definition) is 1. The number of rotatable bonds is 4. The van der Waals surface area contributed by atoms with Crippen LogP contribution in [0.5, 0.6) is 5.75 Å². The van der Waals surface area contributed by atoms with Gasteiger partial charge in [0.2, 0.25) is 0 Å². The first-order chi connectivity index (χ1) is 8.60. The molecule has 0 aliphatic heterocycles. The van der Waals surface area contributed by atoms with Crippen molar-refractivity contribution in [3.63, 3.8) is 0 Å². The average Bonchev–Trinajstić information content (AvgIpc) is 2.65. The Hall–Kier alpha value is -0.910. The molecule has 0 unspecified atom stereocenters. The average molecular weight is 301 g/mol. The highest BCUT2D eigenvalue weighted by Gasteiger charge is 2.09. The zero-order valence-electron chi connectivity index (χ0n) is 10.1. The summed E-state index contributed by atoms with van der Waals surface area (Å²) in [7, 11) is 1.66. The maximum Gasteiger partial charge on any atom is 0.181 e. The number of halogens is 1. The van der Waals surface area contributed by atoms with Crippen LogP contribution in [0.15, 0.2) is 22.4 Å². The third kappa shape index (κ3) is 3.10. The molecule has 2 N–H and O–H groups in total. The molecule has 0 amide bonds. The molecular weight excluding hydrogens is 288 g/mol. The van der Waals surface area contributed by atoms with Gasteiger partial charge in [0.1, 0.15) is 5.75 Å². The van der Waals surface area contributed by atoms with Crippen LogP contribution in [0.25, 0.3) is 0 Å². The number of benzene rings is 1. The normalized spacial score (nSPS) is 10.6. The lowest BCUT2D eigenvalue weighted by Crippen LogP contribution is -1.90. The molecule has 1 aromatic carbocycles. The molecule has 96 valence electrons. The number of nitrogens with zero attached hydrogens (tertiary/aromatic N) is 1. The predicted octanol–water partition coefficient (Wildman–Crippen LogP) is 3.99. The SMILES string of the molecule is COc1ccc(Cl)cc1CSc1sc(N)nc1C. The number of nitrogen functional groups attached to an aromatic ring is 1. The van der Waals surface area contributed by atoms with E-state index in [4.69, 9.17) is 22.1 Å². The van der Waals surface area contributed by atoms with Gasteiger partial charge in [-0.3, -0.25) is 0 Å². The summed E-state index contributed by atoms with van der Waals surface area (Å²) in [5.41, 5.74) is 7.72. The van der Waals surface area contributed by atoms with Crippen molar-refractivity contribution in [2.45, 2.75) is 16.9 Å². The van der Waals surface area contributed by atoms with Crippen molar-refractivity contribution in [1.29, 1.82) is 0 Å². The van der Waals surface area contributed by atoms with Crippen LogP contribution in [0.3, 0.4) is 0 Å². The van der Waals surface area contributed by atoms with E-state index in [0.717, 1.165) is 27.0 Å². The molecule has 0 fully saturated rings. The van der Waals surface area contributed by atoms with Crippen LogP contribution in [0, 0.1) is 6.92 Å². The van der Waals surface area contributed by atoms with Gasteiger partial charge in [0.15, 0.2) is 5.13 Å². The monoisotopic (exact) mass is 300 g/mol. The van der Waals surface area contributed by atoms with Gasteiger partial charge < -0.3 is 10.5 Å². The molecule has 2 aromatic rings. The fourth-order valence-corrected chi connectivity index (χ4v) is 3.74. The van der Waals surface area contributed by atoms with Gasteiger partial charge >= 0.3 is 0 Å². The van der Waals surface area contributed by atoms with Crippen LogP contribution in [-0.4, -0.2) is 12.1 Å². The Labute approximate surface area is 119 Å². The summed E-state index contributed by atoms with van der Waals surface area (Å²) in [5, 5.41) is 1.32. The Morgan fingerprint density at radius 1 is 1.50 bits per heavy atom. The van der Waals surface area contributed by atoms with E-state index >= 15 is 0 Å². The number of aromatic nitrogens is 1. The fraction of sp³-hybridized carbons (Fsp3) is 0.250. The molecule has 6 heteroatoms. The van der Waals surface area contributed by atoms with E-state index < -0.39 is 0 Å². The fourth-order valence-electron chi connectivity index (χ4n) is 1.54. The van der Waals surface area contributed by atoms with Crippen molar-refractivity contribution in [1.82, 2.24) is 4.98 Å². The molecule has 0 bridgehead atoms. The lowest BCUT2D eigenvalue weighted by molar-refractivity contribution is 0.411. The minimum Gasteiger partial charge on any atom is -0.496 e. The summed E-state index contributed by atoms with van der Waals surface area (Å²) in [5.74, 6) is 1.63. The molecule has 0 aliphatic carbocycles. The Morgan fingerprint density at radius 3 is 2.89 bits per heavy atom. The molecule has 0 atom stereocenters. The lowest BCUT2D eigenvalue weighted by Gasteiger charge is -2.08. The van der Waals surface area contributed by atoms with Crippen molar-refractivity contribution in [3.05, 3.63) is 34.5 Å². The van der Waals surface area contributed by atoms with Gasteiger partial charge in [0.25, 0.3) is 0 Å². The topological polar surface area (TPSA) is 48.1 Å². The molecule has 1 heterocycles. The van der Waals surface area contributed by atoms with Gasteiger partial charge in [0.05, 0.1) is 17.0 Å². The Bertz CT molecular complexity index is 557. The van der Waals surface area contributed by atoms with Crippen LogP contribution in [-0.2, 0) is 5.75 Å². The van der Waals surface area contributed by atoms with E-state index in [-0.39, 0.29) is 0 Å². The second-order valence-electron chi connectivity index (χ2n) is 3.67. The van der Waals surface area contributed by atoms with Crippen LogP contribution < -0.4 is 10.5 Å². The molecule has 2 rings (SSSR count). The third-order valence-corrected chi connectivity index (χ3v) is 5.00. The first kappa shape index (κ1) is 13.5. The summed E-state index contributed by atoms with van der Waals surface area (Å²) < 4.78 is 6.45. The molecule has 18 heavy (non-hydrogen) atoms. The number of thioether (sulfide) groups is 1. The van der Waals surface area contributed by atoms with E-state index in [1.54, 1.807) is 18.9 Å². The minimum absolute atomic E-state index is 0.605. The Kier molecular flexibility index (Phi) is 4.37. The third-order valence-electron chi connectivity index (χ3n) is 2.37. The summed E-state index contributed by atoms with van der Waals surface area (Å²) in [6.07, 6.45) is 0. The number of methoxy groups -OCH3 is 1. The number of nitrogens with two attached hydrogens (primary N) is 1. The molecule has 1 aromatic heterocycles. The number of hydrogen-bond acceptors (Lipinski definition) is 5. The maximum atomic E-state index is 6.00. The predicted molar refractivity (Wildman–Crippen MR) is 78.8 cm³/mol. The van der Waals surface area contributed by atoms with Crippen LogP contribution in [0.4, 0.5) is 5.13 Å². The second kappa shape index (κ2) is 5.82. The highest BCUT2D eigenvalue weighted by Crippen LogP contribution is 2.35. The van der Waals surface area contributed by atoms with Crippen molar-refractivity contribution < 1.29 is 4.74 Å². The largest absolute Gasteiger partial charge is 0.496 e. The van der Waals surface area contributed by atoms with Crippen LogP contribution >= 0.6 is 34.7 Å². The van der Waals surface area contributed by atoms with Gasteiger partial charge in [-0.05, 0) is 25.1 Å². The Morgan fingerprint density at radius 2 is 2.28 bits per heavy atom. The van der Waals surface area contributed by atoms with Gasteiger partial charge in [-0.15, -0.1) is 11.8 Å². The standard InChI is InChI=1S/C12H13ClN2OS2/c1-7-11(18-12(14)15-7)17-6-8-5-9(13)3-4-10(8)16-2/h3-5H,6H2,1-2H3,(H2,14,15). The van der Waals surface area contributed by atoms with Crippen molar-refractivity contribution in [2.24, 2.45) is 0 Å². The second-order valence-corrected chi connectivity index (χ2v) is 6.38. The highest BCUT2D eigenvalue weighted by molar-refractivity contribution is 8.00. The molecule has 0 saturated carbocycles. The molecule has 0 saturated heterocycles. The van der Waals surface area contributed by atoms with Crippen LogP contribution in [0.2, 0.25) is 5.02 Å². The van der Waals surface area contributed by atoms with Crippen molar-refractivity contribution in [2.75, 3.05) is 12.8 Å². The van der Waals surface area contributed by atoms with Gasteiger partial charge in [-0.1, -0.05) is 22.9 Å². The quantitative estimate of drug-likeness (QED) is 0.867. The lowest BCUT2D eigenvalue weighted by atomic mass is 10.2. The van der Waals surface area contributed by atoms with Crippen LogP contribution in [0.1, 0.15) is 11.3 Å². The molecule has 3 nitrogen and oxygen atoms in total. The van der Waals surface area contributed by atoms with E-state index in [2.05, 4.69) is 4.98 Å². The molecular formula is C12H13ClN2OS2. The minimum atomic E-state index is 0.605. The zero-order valence-corrected chi connectivity index (χ0v) is 12.5. The number of ether oxygens (including phenoxy) is 1. The van der Waals surface area contributed by atoms with Crippen molar-refractivity contribution >= 4 is 39.8 Å².